The Balaban J connectivity index is 1.27. The Kier molecular flexibility index (Phi) is 5.45. The SMILES string of the molecule is c1ccc2cc3c(cc2c1)oc1ccc(-c2c4ccccc4c(-c4c5ccccc5cc5c4ccc4ccccc45)c4ccccc24)cc13. The molecule has 0 N–H and O–H groups in total. The summed E-state index contributed by atoms with van der Waals surface area (Å²) in [4.78, 5) is 0. The van der Waals surface area contributed by atoms with Crippen molar-refractivity contribution in [1.29, 1.82) is 0 Å². The van der Waals surface area contributed by atoms with Crippen molar-refractivity contribution in [3.05, 3.63) is 170 Å². The van der Waals surface area contributed by atoms with E-state index in [0.29, 0.717) is 0 Å². The molecule has 0 saturated carbocycles. The van der Waals surface area contributed by atoms with Gasteiger partial charge in [-0.05, 0) is 117 Å². The van der Waals surface area contributed by atoms with Crippen molar-refractivity contribution in [2.45, 2.75) is 0 Å². The second-order valence-corrected chi connectivity index (χ2v) is 13.2. The average Bonchev–Trinajstić information content (AvgIpc) is 3.51. The first-order chi connectivity index (χ1) is 24.3. The summed E-state index contributed by atoms with van der Waals surface area (Å²) in [5.74, 6) is 0. The molecule has 11 aromatic rings. The Hall–Kier alpha value is -6.44. The molecule has 0 amide bonds. The van der Waals surface area contributed by atoms with E-state index in [1.54, 1.807) is 0 Å². The van der Waals surface area contributed by atoms with Crippen molar-refractivity contribution in [2.24, 2.45) is 0 Å². The van der Waals surface area contributed by atoms with E-state index >= 15 is 0 Å². The zero-order valence-corrected chi connectivity index (χ0v) is 26.6. The molecule has 0 unspecified atom stereocenters. The minimum absolute atomic E-state index is 0.911. The van der Waals surface area contributed by atoms with Crippen LogP contribution in [0.25, 0.3) is 109 Å². The summed E-state index contributed by atoms with van der Waals surface area (Å²) in [5.41, 5.74) is 6.85. The van der Waals surface area contributed by atoms with Gasteiger partial charge < -0.3 is 4.42 Å². The summed E-state index contributed by atoms with van der Waals surface area (Å²) in [6.45, 7) is 0. The van der Waals surface area contributed by atoms with Crippen LogP contribution in [0.1, 0.15) is 0 Å². The first-order valence-corrected chi connectivity index (χ1v) is 16.9. The van der Waals surface area contributed by atoms with Crippen molar-refractivity contribution in [3.8, 4) is 22.3 Å². The Morgan fingerprint density at radius 2 is 0.735 bits per heavy atom. The molecule has 0 aliphatic heterocycles. The monoisotopic (exact) mass is 620 g/mol. The van der Waals surface area contributed by atoms with Crippen LogP contribution < -0.4 is 0 Å². The van der Waals surface area contributed by atoms with Crippen LogP contribution in [0.2, 0.25) is 0 Å². The summed E-state index contributed by atoms with van der Waals surface area (Å²) in [6, 6.07) is 62.2. The molecule has 0 spiro atoms. The highest BCUT2D eigenvalue weighted by Gasteiger charge is 2.21. The average molecular weight is 621 g/mol. The summed E-state index contributed by atoms with van der Waals surface area (Å²) in [6.07, 6.45) is 0. The quantitative estimate of drug-likeness (QED) is 0.138. The molecule has 0 aliphatic rings. The highest BCUT2D eigenvalue weighted by Crippen LogP contribution is 2.49. The Morgan fingerprint density at radius 3 is 1.45 bits per heavy atom. The largest absolute Gasteiger partial charge is 0.456 e. The van der Waals surface area contributed by atoms with Gasteiger partial charge in [-0.3, -0.25) is 0 Å². The fourth-order valence-electron chi connectivity index (χ4n) is 8.42. The van der Waals surface area contributed by atoms with E-state index < -0.39 is 0 Å². The molecule has 1 heterocycles. The molecule has 1 nitrogen and oxygen atoms in total. The number of rotatable bonds is 2. The Bertz CT molecular complexity index is 3100. The predicted molar refractivity (Wildman–Crippen MR) is 210 cm³/mol. The molecule has 49 heavy (non-hydrogen) atoms. The van der Waals surface area contributed by atoms with Crippen molar-refractivity contribution in [2.75, 3.05) is 0 Å². The molecule has 0 aliphatic carbocycles. The standard InChI is InChI=1S/C48H28O/c1-2-13-31-28-45-43(25-30(31)12-1)42-27-33(22-24-44(42)49-45)46-36-17-7-9-19-38(36)48(39-20-10-8-18-37(39)46)47-35-16-6-4-14-32(35)26-41-34-15-5-3-11-29(34)21-23-40(41)47/h1-28H. The zero-order valence-electron chi connectivity index (χ0n) is 26.6. The lowest BCUT2D eigenvalue weighted by molar-refractivity contribution is 0.669. The van der Waals surface area contributed by atoms with E-state index in [1.807, 2.05) is 0 Å². The first kappa shape index (κ1) is 26.6. The van der Waals surface area contributed by atoms with Crippen molar-refractivity contribution in [3.63, 3.8) is 0 Å². The van der Waals surface area contributed by atoms with Gasteiger partial charge in [-0.15, -0.1) is 0 Å². The summed E-state index contributed by atoms with van der Waals surface area (Å²) >= 11 is 0. The number of benzene rings is 10. The maximum Gasteiger partial charge on any atom is 0.136 e. The fraction of sp³-hybridized carbons (Fsp3) is 0. The van der Waals surface area contributed by atoms with Crippen molar-refractivity contribution >= 4 is 86.6 Å². The van der Waals surface area contributed by atoms with Crippen LogP contribution in [0.3, 0.4) is 0 Å². The van der Waals surface area contributed by atoms with Crippen LogP contribution in [0.4, 0.5) is 0 Å². The molecule has 0 saturated heterocycles. The molecule has 0 atom stereocenters. The lowest BCUT2D eigenvalue weighted by Gasteiger charge is -2.21. The molecule has 0 bridgehead atoms. The number of furan rings is 1. The van der Waals surface area contributed by atoms with E-state index in [0.717, 1.165) is 21.9 Å². The van der Waals surface area contributed by atoms with Gasteiger partial charge in [0.15, 0.2) is 0 Å². The maximum atomic E-state index is 6.42. The van der Waals surface area contributed by atoms with Crippen LogP contribution in [0.5, 0.6) is 0 Å². The topological polar surface area (TPSA) is 13.1 Å². The third-order valence-corrected chi connectivity index (χ3v) is 10.6. The molecule has 1 aromatic heterocycles. The van der Waals surface area contributed by atoms with Crippen LogP contribution in [-0.2, 0) is 0 Å². The number of hydrogen-bond donors (Lipinski definition) is 0. The summed E-state index contributed by atoms with van der Waals surface area (Å²) in [7, 11) is 0. The van der Waals surface area contributed by atoms with Crippen molar-refractivity contribution in [1.82, 2.24) is 0 Å². The highest BCUT2D eigenvalue weighted by atomic mass is 16.3. The Labute approximate surface area is 282 Å². The van der Waals surface area contributed by atoms with Crippen molar-refractivity contribution < 1.29 is 4.42 Å². The maximum absolute atomic E-state index is 6.42. The third kappa shape index (κ3) is 3.82. The van der Waals surface area contributed by atoms with E-state index in [9.17, 15) is 0 Å². The fourth-order valence-corrected chi connectivity index (χ4v) is 8.42. The highest BCUT2D eigenvalue weighted by molar-refractivity contribution is 6.29. The van der Waals surface area contributed by atoms with Gasteiger partial charge in [0, 0.05) is 10.8 Å². The molecule has 11 rings (SSSR count). The predicted octanol–water partition coefficient (Wildman–Crippen LogP) is 13.8. The molecule has 0 fully saturated rings. The smallest absolute Gasteiger partial charge is 0.136 e. The first-order valence-electron chi connectivity index (χ1n) is 16.9. The van der Waals surface area contributed by atoms with Gasteiger partial charge in [-0.25, -0.2) is 0 Å². The summed E-state index contributed by atoms with van der Waals surface area (Å²) < 4.78 is 6.42. The van der Waals surface area contributed by atoms with Gasteiger partial charge in [-0.1, -0.05) is 140 Å². The lowest BCUT2D eigenvalue weighted by Crippen LogP contribution is -1.93. The van der Waals surface area contributed by atoms with Crippen LogP contribution >= 0.6 is 0 Å². The molecule has 10 aromatic carbocycles. The zero-order chi connectivity index (χ0) is 32.1. The summed E-state index contributed by atoms with van der Waals surface area (Å²) in [5, 5.41) is 17.3. The molecule has 1 heteroatoms. The van der Waals surface area contributed by atoms with Gasteiger partial charge in [-0.2, -0.15) is 0 Å². The van der Waals surface area contributed by atoms with Crippen LogP contribution in [-0.4, -0.2) is 0 Å². The molecular weight excluding hydrogens is 593 g/mol. The van der Waals surface area contributed by atoms with E-state index in [1.165, 1.54) is 86.9 Å². The normalized spacial score (nSPS) is 12.1. The van der Waals surface area contributed by atoms with E-state index in [-0.39, 0.29) is 0 Å². The molecule has 0 radical (unpaired) electrons. The van der Waals surface area contributed by atoms with E-state index in [2.05, 4.69) is 170 Å². The van der Waals surface area contributed by atoms with Gasteiger partial charge in [0.1, 0.15) is 11.2 Å². The number of fused-ring (bicyclic) bond motifs is 10. The third-order valence-electron chi connectivity index (χ3n) is 10.6. The minimum Gasteiger partial charge on any atom is -0.456 e. The Morgan fingerprint density at radius 1 is 0.245 bits per heavy atom. The number of hydrogen-bond acceptors (Lipinski definition) is 1. The molecular formula is C48H28O. The minimum atomic E-state index is 0.911. The van der Waals surface area contributed by atoms with Gasteiger partial charge in [0.25, 0.3) is 0 Å². The second kappa shape index (κ2) is 10.0. The van der Waals surface area contributed by atoms with Gasteiger partial charge >= 0.3 is 0 Å². The van der Waals surface area contributed by atoms with Gasteiger partial charge in [0.05, 0.1) is 0 Å². The lowest BCUT2D eigenvalue weighted by atomic mass is 9.82. The van der Waals surface area contributed by atoms with Crippen LogP contribution in [0.15, 0.2) is 174 Å². The van der Waals surface area contributed by atoms with E-state index in [4.69, 9.17) is 4.42 Å². The second-order valence-electron chi connectivity index (χ2n) is 13.2. The molecule has 226 valence electrons. The van der Waals surface area contributed by atoms with Crippen LogP contribution in [0, 0.1) is 0 Å². The van der Waals surface area contributed by atoms with Gasteiger partial charge in [0.2, 0.25) is 0 Å².